The molecule has 7 nitrogen and oxygen atoms in total. The molecule has 1 aliphatic rings. The fraction of sp³-hybridized carbons (Fsp3) is 0.308. The van der Waals surface area contributed by atoms with Gasteiger partial charge in [-0.3, -0.25) is 4.79 Å². The van der Waals surface area contributed by atoms with Gasteiger partial charge in [-0.25, -0.2) is 0 Å². The van der Waals surface area contributed by atoms with Gasteiger partial charge in [0.05, 0.1) is 7.11 Å². The highest BCUT2D eigenvalue weighted by molar-refractivity contribution is 8.00. The largest absolute Gasteiger partial charge is 0.468 e. The van der Waals surface area contributed by atoms with Gasteiger partial charge in [-0.15, -0.1) is 10.2 Å². The van der Waals surface area contributed by atoms with E-state index in [1.54, 1.807) is 25.1 Å². The number of benzene rings is 1. The van der Waals surface area contributed by atoms with E-state index in [2.05, 4.69) is 14.9 Å². The number of methoxy groups -OCH3 is 1. The van der Waals surface area contributed by atoms with Crippen LogP contribution in [0, 0.1) is 0 Å². The normalized spacial score (nSPS) is 14.0. The fourth-order valence-corrected chi connectivity index (χ4v) is 2.48. The number of nitrogens with zero attached hydrogens (tertiary/aromatic N) is 2. The highest BCUT2D eigenvalue weighted by Crippen LogP contribution is 2.36. The molecule has 1 aliphatic heterocycles. The predicted octanol–water partition coefficient (Wildman–Crippen LogP) is 2.12. The molecule has 1 aromatic carbocycles. The summed E-state index contributed by atoms with van der Waals surface area (Å²) in [5, 5.41) is 7.76. The molecule has 0 bridgehead atoms. The number of hydrogen-bond donors (Lipinski definition) is 0. The highest BCUT2D eigenvalue weighted by Gasteiger charge is 2.20. The Hall–Kier alpha value is -2.22. The molecule has 2 aromatic rings. The van der Waals surface area contributed by atoms with Gasteiger partial charge in [-0.05, 0) is 25.1 Å². The van der Waals surface area contributed by atoms with Crippen molar-refractivity contribution in [1.29, 1.82) is 0 Å². The summed E-state index contributed by atoms with van der Waals surface area (Å²) in [4.78, 5) is 11.4. The maximum absolute atomic E-state index is 11.4. The van der Waals surface area contributed by atoms with Crippen molar-refractivity contribution in [1.82, 2.24) is 10.2 Å². The van der Waals surface area contributed by atoms with Crippen molar-refractivity contribution in [2.24, 2.45) is 0 Å². The van der Waals surface area contributed by atoms with E-state index >= 15 is 0 Å². The minimum Gasteiger partial charge on any atom is -0.468 e. The molecule has 0 amide bonds. The van der Waals surface area contributed by atoms with E-state index in [0.29, 0.717) is 22.6 Å². The first-order valence-corrected chi connectivity index (χ1v) is 7.03. The molecule has 2 heterocycles. The summed E-state index contributed by atoms with van der Waals surface area (Å²) < 4.78 is 20.7. The van der Waals surface area contributed by atoms with Gasteiger partial charge in [0.2, 0.25) is 12.7 Å². The first-order valence-electron chi connectivity index (χ1n) is 6.15. The molecule has 0 unspecified atom stereocenters. The molecule has 1 aromatic heterocycles. The Kier molecular flexibility index (Phi) is 3.70. The molecule has 1 atom stereocenters. The number of aromatic nitrogens is 2. The van der Waals surface area contributed by atoms with Gasteiger partial charge in [0.1, 0.15) is 5.25 Å². The number of carbonyl (C=O) groups excluding carboxylic acids is 1. The number of esters is 1. The van der Waals surface area contributed by atoms with Crippen molar-refractivity contribution in [2.75, 3.05) is 13.9 Å². The molecule has 110 valence electrons. The van der Waals surface area contributed by atoms with Crippen LogP contribution in [0.1, 0.15) is 6.92 Å². The summed E-state index contributed by atoms with van der Waals surface area (Å²) in [5.74, 6) is 1.34. The molecule has 0 aliphatic carbocycles. The zero-order valence-electron chi connectivity index (χ0n) is 11.4. The lowest BCUT2D eigenvalue weighted by Gasteiger charge is -2.04. The second-order valence-corrected chi connectivity index (χ2v) is 5.52. The van der Waals surface area contributed by atoms with Crippen molar-refractivity contribution in [2.45, 2.75) is 17.4 Å². The van der Waals surface area contributed by atoms with E-state index in [1.165, 1.54) is 7.11 Å². The van der Waals surface area contributed by atoms with Crippen molar-refractivity contribution < 1.29 is 23.4 Å². The Morgan fingerprint density at radius 2 is 2.14 bits per heavy atom. The number of thioether (sulfide) groups is 1. The molecule has 0 saturated carbocycles. The standard InChI is InChI=1S/C13H12N2O5S/c1-7(12(16)17-2)21-13-15-14-11(20-13)8-3-4-9-10(5-8)19-6-18-9/h3-5,7H,6H2,1-2H3/t7-/m1/s1. The van der Waals surface area contributed by atoms with Gasteiger partial charge in [0, 0.05) is 5.56 Å². The third kappa shape index (κ3) is 2.80. The quantitative estimate of drug-likeness (QED) is 0.627. The molecular weight excluding hydrogens is 296 g/mol. The SMILES string of the molecule is COC(=O)[C@@H](C)Sc1nnc(-c2ccc3c(c2)OCO3)o1. The summed E-state index contributed by atoms with van der Waals surface area (Å²) in [6, 6.07) is 5.36. The van der Waals surface area contributed by atoms with Crippen LogP contribution in [0.2, 0.25) is 0 Å². The summed E-state index contributed by atoms with van der Waals surface area (Å²) in [7, 11) is 1.34. The Bertz CT molecular complexity index is 672. The van der Waals surface area contributed by atoms with Gasteiger partial charge in [-0.2, -0.15) is 0 Å². The second-order valence-electron chi connectivity index (χ2n) is 4.22. The number of fused-ring (bicyclic) bond motifs is 1. The number of hydrogen-bond acceptors (Lipinski definition) is 8. The average Bonchev–Trinajstić information content (AvgIpc) is 3.14. The van der Waals surface area contributed by atoms with Gasteiger partial charge in [0.25, 0.3) is 5.22 Å². The maximum Gasteiger partial charge on any atom is 0.319 e. The number of ether oxygens (including phenoxy) is 3. The average molecular weight is 308 g/mol. The zero-order valence-corrected chi connectivity index (χ0v) is 12.2. The fourth-order valence-electron chi connectivity index (χ4n) is 1.77. The van der Waals surface area contributed by atoms with Crippen LogP contribution in [0.25, 0.3) is 11.5 Å². The third-order valence-corrected chi connectivity index (χ3v) is 3.75. The van der Waals surface area contributed by atoms with Gasteiger partial charge in [-0.1, -0.05) is 11.8 Å². The lowest BCUT2D eigenvalue weighted by Crippen LogP contribution is -2.14. The third-order valence-electron chi connectivity index (χ3n) is 2.84. The molecular formula is C13H12N2O5S. The Morgan fingerprint density at radius 1 is 1.33 bits per heavy atom. The smallest absolute Gasteiger partial charge is 0.319 e. The van der Waals surface area contributed by atoms with E-state index in [9.17, 15) is 4.79 Å². The predicted molar refractivity (Wildman–Crippen MR) is 73.2 cm³/mol. The minimum atomic E-state index is -0.417. The Balaban J connectivity index is 1.77. The van der Waals surface area contributed by atoms with E-state index < -0.39 is 5.25 Å². The minimum absolute atomic E-state index is 0.209. The van der Waals surface area contributed by atoms with Gasteiger partial charge < -0.3 is 18.6 Å². The molecule has 0 fully saturated rings. The Labute approximate surface area is 124 Å². The van der Waals surface area contributed by atoms with E-state index in [4.69, 9.17) is 13.9 Å². The summed E-state index contributed by atoms with van der Waals surface area (Å²) in [6.07, 6.45) is 0. The van der Waals surface area contributed by atoms with Crippen LogP contribution >= 0.6 is 11.8 Å². The van der Waals surface area contributed by atoms with Crippen molar-refractivity contribution in [3.63, 3.8) is 0 Å². The molecule has 0 spiro atoms. The molecule has 0 radical (unpaired) electrons. The molecule has 21 heavy (non-hydrogen) atoms. The highest BCUT2D eigenvalue weighted by atomic mass is 32.2. The Morgan fingerprint density at radius 3 is 2.95 bits per heavy atom. The zero-order chi connectivity index (χ0) is 14.8. The molecule has 0 N–H and O–H groups in total. The second kappa shape index (κ2) is 5.65. The van der Waals surface area contributed by atoms with Crippen LogP contribution in [-0.4, -0.2) is 35.3 Å². The topological polar surface area (TPSA) is 83.7 Å². The summed E-state index contributed by atoms with van der Waals surface area (Å²) in [5.41, 5.74) is 0.726. The lowest BCUT2D eigenvalue weighted by molar-refractivity contribution is -0.139. The van der Waals surface area contributed by atoms with Crippen LogP contribution in [0.5, 0.6) is 11.5 Å². The number of rotatable bonds is 4. The van der Waals surface area contributed by atoms with Crippen LogP contribution < -0.4 is 9.47 Å². The molecule has 3 rings (SSSR count). The monoisotopic (exact) mass is 308 g/mol. The molecule has 8 heteroatoms. The van der Waals surface area contributed by atoms with Crippen LogP contribution in [0.3, 0.4) is 0 Å². The molecule has 0 saturated heterocycles. The van der Waals surface area contributed by atoms with Gasteiger partial charge in [0.15, 0.2) is 11.5 Å². The lowest BCUT2D eigenvalue weighted by atomic mass is 10.2. The first kappa shape index (κ1) is 13.7. The van der Waals surface area contributed by atoms with E-state index in [-0.39, 0.29) is 12.8 Å². The van der Waals surface area contributed by atoms with Crippen LogP contribution in [0.15, 0.2) is 27.8 Å². The maximum atomic E-state index is 11.4. The summed E-state index contributed by atoms with van der Waals surface area (Å²) in [6.45, 7) is 1.92. The van der Waals surface area contributed by atoms with Gasteiger partial charge >= 0.3 is 5.97 Å². The van der Waals surface area contributed by atoms with Crippen LogP contribution in [0.4, 0.5) is 0 Å². The van der Waals surface area contributed by atoms with Crippen molar-refractivity contribution in [3.05, 3.63) is 18.2 Å². The summed E-state index contributed by atoms with van der Waals surface area (Å²) >= 11 is 1.15. The van der Waals surface area contributed by atoms with Crippen molar-refractivity contribution in [3.8, 4) is 23.0 Å². The van der Waals surface area contributed by atoms with E-state index in [0.717, 1.165) is 17.3 Å². The first-order chi connectivity index (χ1) is 10.2. The van der Waals surface area contributed by atoms with E-state index in [1.807, 2.05) is 0 Å². The van der Waals surface area contributed by atoms with Crippen LogP contribution in [-0.2, 0) is 9.53 Å². The van der Waals surface area contributed by atoms with Crippen molar-refractivity contribution >= 4 is 17.7 Å². The number of carbonyl (C=O) groups is 1.